The molecule has 17 heavy (non-hydrogen) atoms. The monoisotopic (exact) mass is 233 g/mol. The molecule has 0 heterocycles. The van der Waals surface area contributed by atoms with Crippen LogP contribution < -0.4 is 5.32 Å². The molecule has 0 atom stereocenters. The van der Waals surface area contributed by atoms with Gasteiger partial charge >= 0.3 is 0 Å². The molecule has 0 aromatic heterocycles. The van der Waals surface area contributed by atoms with Crippen molar-refractivity contribution < 1.29 is 4.79 Å². The summed E-state index contributed by atoms with van der Waals surface area (Å²) in [5.74, 6) is 0.1000. The van der Waals surface area contributed by atoms with Crippen LogP contribution in [0.1, 0.15) is 51.7 Å². The first-order valence-electron chi connectivity index (χ1n) is 6.35. The van der Waals surface area contributed by atoms with Crippen molar-refractivity contribution in [2.75, 3.05) is 0 Å². The predicted molar refractivity (Wildman–Crippen MR) is 71.9 cm³/mol. The fourth-order valence-corrected chi connectivity index (χ4v) is 1.60. The Kier molecular flexibility index (Phi) is 4.73. The molecular weight excluding hydrogens is 210 g/mol. The first-order valence-corrected chi connectivity index (χ1v) is 6.35. The van der Waals surface area contributed by atoms with Crippen molar-refractivity contribution in [2.24, 2.45) is 0 Å². The highest BCUT2D eigenvalue weighted by molar-refractivity contribution is 5.75. The third kappa shape index (κ3) is 3.88. The smallest absolute Gasteiger partial charge is 0.219 e. The Bertz CT molecular complexity index is 365. The first kappa shape index (κ1) is 13.8. The van der Waals surface area contributed by atoms with Crippen LogP contribution in [-0.4, -0.2) is 5.91 Å². The van der Waals surface area contributed by atoms with Gasteiger partial charge in [0, 0.05) is 13.0 Å². The minimum atomic E-state index is 0.1000. The van der Waals surface area contributed by atoms with Crippen LogP contribution in [-0.2, 0) is 16.8 Å². The topological polar surface area (TPSA) is 29.1 Å². The van der Waals surface area contributed by atoms with Crippen molar-refractivity contribution >= 4 is 5.91 Å². The standard InChI is InChI=1S/C15H23NO/c1-5-14(17)16-11-12-7-9-13(10-8-12)15(3,4)6-2/h7-10H,5-6,11H2,1-4H3,(H,16,17). The number of nitrogens with one attached hydrogen (secondary N) is 1. The molecule has 0 aliphatic rings. The van der Waals surface area contributed by atoms with Crippen molar-refractivity contribution in [3.8, 4) is 0 Å². The maximum atomic E-state index is 11.1. The van der Waals surface area contributed by atoms with Crippen LogP contribution in [0, 0.1) is 0 Å². The molecule has 0 radical (unpaired) electrons. The molecule has 0 saturated carbocycles. The van der Waals surface area contributed by atoms with Gasteiger partial charge in [-0.2, -0.15) is 0 Å². The van der Waals surface area contributed by atoms with Gasteiger partial charge in [-0.3, -0.25) is 4.79 Å². The Morgan fingerprint density at radius 2 is 1.76 bits per heavy atom. The van der Waals surface area contributed by atoms with Gasteiger partial charge in [0.15, 0.2) is 0 Å². The summed E-state index contributed by atoms with van der Waals surface area (Å²) in [5, 5.41) is 2.88. The van der Waals surface area contributed by atoms with Gasteiger partial charge in [-0.1, -0.05) is 52.0 Å². The van der Waals surface area contributed by atoms with E-state index in [4.69, 9.17) is 0 Å². The van der Waals surface area contributed by atoms with Gasteiger partial charge in [-0.15, -0.1) is 0 Å². The Labute approximate surface area is 104 Å². The van der Waals surface area contributed by atoms with Crippen molar-refractivity contribution in [1.82, 2.24) is 5.32 Å². The van der Waals surface area contributed by atoms with Gasteiger partial charge < -0.3 is 5.32 Å². The third-order valence-electron chi connectivity index (χ3n) is 3.43. The predicted octanol–water partition coefficient (Wildman–Crippen LogP) is 3.40. The number of carbonyl (C=O) groups excluding carboxylic acids is 1. The zero-order chi connectivity index (χ0) is 12.9. The second kappa shape index (κ2) is 5.85. The van der Waals surface area contributed by atoms with E-state index in [1.165, 1.54) is 5.56 Å². The van der Waals surface area contributed by atoms with Crippen molar-refractivity contribution in [3.05, 3.63) is 35.4 Å². The number of rotatable bonds is 5. The highest BCUT2D eigenvalue weighted by atomic mass is 16.1. The molecule has 1 N–H and O–H groups in total. The van der Waals surface area contributed by atoms with Gasteiger partial charge in [-0.25, -0.2) is 0 Å². The average molecular weight is 233 g/mol. The summed E-state index contributed by atoms with van der Waals surface area (Å²) in [7, 11) is 0. The van der Waals surface area contributed by atoms with Crippen LogP contribution in [0.2, 0.25) is 0 Å². The van der Waals surface area contributed by atoms with Gasteiger partial charge in [0.1, 0.15) is 0 Å². The fourth-order valence-electron chi connectivity index (χ4n) is 1.60. The minimum absolute atomic E-state index is 0.1000. The Balaban J connectivity index is 2.65. The molecule has 1 aromatic carbocycles. The van der Waals surface area contributed by atoms with Gasteiger partial charge in [0.25, 0.3) is 0 Å². The lowest BCUT2D eigenvalue weighted by Gasteiger charge is -2.23. The van der Waals surface area contributed by atoms with Gasteiger partial charge in [0.05, 0.1) is 0 Å². The molecule has 1 amide bonds. The van der Waals surface area contributed by atoms with Crippen LogP contribution in [0.4, 0.5) is 0 Å². The molecule has 2 heteroatoms. The van der Waals surface area contributed by atoms with Gasteiger partial charge in [0.2, 0.25) is 5.91 Å². The second-order valence-electron chi connectivity index (χ2n) is 5.06. The Hall–Kier alpha value is -1.31. The largest absolute Gasteiger partial charge is 0.352 e. The highest BCUT2D eigenvalue weighted by Gasteiger charge is 2.17. The molecule has 2 nitrogen and oxygen atoms in total. The highest BCUT2D eigenvalue weighted by Crippen LogP contribution is 2.26. The average Bonchev–Trinajstić information content (AvgIpc) is 2.36. The third-order valence-corrected chi connectivity index (χ3v) is 3.43. The Morgan fingerprint density at radius 3 is 2.24 bits per heavy atom. The van der Waals surface area contributed by atoms with Crippen LogP contribution in [0.5, 0.6) is 0 Å². The van der Waals surface area contributed by atoms with E-state index in [0.29, 0.717) is 13.0 Å². The van der Waals surface area contributed by atoms with Crippen LogP contribution >= 0.6 is 0 Å². The zero-order valence-corrected chi connectivity index (χ0v) is 11.3. The Morgan fingerprint density at radius 1 is 1.18 bits per heavy atom. The van der Waals surface area contributed by atoms with E-state index in [9.17, 15) is 4.79 Å². The summed E-state index contributed by atoms with van der Waals surface area (Å²) in [6, 6.07) is 8.53. The quantitative estimate of drug-likeness (QED) is 0.829. The van der Waals surface area contributed by atoms with E-state index < -0.39 is 0 Å². The number of carbonyl (C=O) groups is 1. The summed E-state index contributed by atoms with van der Waals surface area (Å²) in [5.41, 5.74) is 2.73. The SMILES string of the molecule is CCC(=O)NCc1ccc(C(C)(C)CC)cc1. The van der Waals surface area contributed by atoms with E-state index in [2.05, 4.69) is 50.4 Å². The maximum Gasteiger partial charge on any atom is 0.219 e. The second-order valence-corrected chi connectivity index (χ2v) is 5.06. The normalized spacial score (nSPS) is 11.3. The van der Waals surface area contributed by atoms with Crippen LogP contribution in [0.25, 0.3) is 0 Å². The van der Waals surface area contributed by atoms with E-state index in [0.717, 1.165) is 12.0 Å². The molecule has 0 fully saturated rings. The van der Waals surface area contributed by atoms with Crippen LogP contribution in [0.15, 0.2) is 24.3 Å². The molecule has 0 bridgehead atoms. The number of amides is 1. The lowest BCUT2D eigenvalue weighted by Crippen LogP contribution is -2.21. The zero-order valence-electron chi connectivity index (χ0n) is 11.3. The summed E-state index contributed by atoms with van der Waals surface area (Å²) in [4.78, 5) is 11.1. The van der Waals surface area contributed by atoms with Crippen molar-refractivity contribution in [2.45, 2.75) is 52.5 Å². The van der Waals surface area contributed by atoms with E-state index in [-0.39, 0.29) is 11.3 Å². The minimum Gasteiger partial charge on any atom is -0.352 e. The van der Waals surface area contributed by atoms with Crippen molar-refractivity contribution in [3.63, 3.8) is 0 Å². The number of benzene rings is 1. The van der Waals surface area contributed by atoms with E-state index in [1.54, 1.807) is 0 Å². The van der Waals surface area contributed by atoms with Crippen LogP contribution in [0.3, 0.4) is 0 Å². The number of hydrogen-bond acceptors (Lipinski definition) is 1. The molecule has 0 aliphatic carbocycles. The van der Waals surface area contributed by atoms with E-state index >= 15 is 0 Å². The van der Waals surface area contributed by atoms with Gasteiger partial charge in [-0.05, 0) is 23.0 Å². The molecule has 0 aliphatic heterocycles. The first-order chi connectivity index (χ1) is 7.99. The molecular formula is C15H23NO. The molecule has 1 rings (SSSR count). The lowest BCUT2D eigenvalue weighted by molar-refractivity contribution is -0.120. The lowest BCUT2D eigenvalue weighted by atomic mass is 9.82. The molecule has 0 spiro atoms. The van der Waals surface area contributed by atoms with Crippen molar-refractivity contribution in [1.29, 1.82) is 0 Å². The summed E-state index contributed by atoms with van der Waals surface area (Å²) < 4.78 is 0. The fraction of sp³-hybridized carbons (Fsp3) is 0.533. The summed E-state index contributed by atoms with van der Waals surface area (Å²) in [6.45, 7) is 9.19. The molecule has 0 unspecified atom stereocenters. The maximum absolute atomic E-state index is 11.1. The molecule has 1 aromatic rings. The molecule has 94 valence electrons. The molecule has 0 saturated heterocycles. The van der Waals surface area contributed by atoms with E-state index in [1.807, 2.05) is 6.92 Å². The number of hydrogen-bond donors (Lipinski definition) is 1. The summed E-state index contributed by atoms with van der Waals surface area (Å²) in [6.07, 6.45) is 1.67. The summed E-state index contributed by atoms with van der Waals surface area (Å²) >= 11 is 0.